The van der Waals surface area contributed by atoms with E-state index in [1.165, 1.54) is 0 Å². The van der Waals surface area contributed by atoms with Crippen molar-refractivity contribution < 1.29 is 8.42 Å². The van der Waals surface area contributed by atoms with Crippen LogP contribution in [0.1, 0.15) is 29.7 Å². The van der Waals surface area contributed by atoms with Gasteiger partial charge in [0.2, 0.25) is 0 Å². The van der Waals surface area contributed by atoms with Gasteiger partial charge in [-0.25, -0.2) is 8.93 Å². The van der Waals surface area contributed by atoms with Crippen LogP contribution in [0.25, 0.3) is 0 Å². The molecule has 3 nitrogen and oxygen atoms in total. The number of aryl methyl sites for hydroxylation is 2. The van der Waals surface area contributed by atoms with Crippen molar-refractivity contribution in [2.75, 3.05) is 0 Å². The maximum absolute atomic E-state index is 13.2. The molecule has 0 aliphatic heterocycles. The van der Waals surface area contributed by atoms with Crippen molar-refractivity contribution >= 4 is 21.8 Å². The van der Waals surface area contributed by atoms with Gasteiger partial charge in [0, 0.05) is 4.90 Å². The Balaban J connectivity index is 1.88. The molecule has 0 aliphatic carbocycles. The van der Waals surface area contributed by atoms with Crippen molar-refractivity contribution in [3.63, 3.8) is 0 Å². The largest absolute Gasteiger partial charge is 0.254 e. The predicted octanol–water partition coefficient (Wildman–Crippen LogP) is 4.85. The van der Waals surface area contributed by atoms with Gasteiger partial charge < -0.3 is 0 Å². The van der Waals surface area contributed by atoms with E-state index in [4.69, 9.17) is 0 Å². The Morgan fingerprint density at radius 2 is 1.21 bits per heavy atom. The van der Waals surface area contributed by atoms with E-state index < -0.39 is 21.8 Å². The van der Waals surface area contributed by atoms with Crippen LogP contribution in [0.2, 0.25) is 0 Å². The van der Waals surface area contributed by atoms with Crippen molar-refractivity contribution in [2.24, 2.45) is 0 Å². The van der Waals surface area contributed by atoms with Gasteiger partial charge in [-0.3, -0.25) is 4.21 Å². The zero-order valence-electron chi connectivity index (χ0n) is 16.3. The molecule has 0 aliphatic rings. The lowest BCUT2D eigenvalue weighted by atomic mass is 10.1. The molecule has 0 radical (unpaired) electrons. The summed E-state index contributed by atoms with van der Waals surface area (Å²) in [5.74, 6) is 0. The van der Waals surface area contributed by atoms with Crippen LogP contribution in [0.15, 0.2) is 88.7 Å². The summed E-state index contributed by atoms with van der Waals surface area (Å²) >= 11 is 0. The summed E-state index contributed by atoms with van der Waals surface area (Å²) in [6, 6.07) is 24.8. The molecule has 0 bridgehead atoms. The average molecular weight is 412 g/mol. The molecule has 0 saturated carbocycles. The highest BCUT2D eigenvalue weighted by Gasteiger charge is 2.27. The van der Waals surface area contributed by atoms with Gasteiger partial charge in [-0.2, -0.15) is 0 Å². The normalized spacial score (nSPS) is 15.5. The molecule has 0 aromatic heterocycles. The quantitative estimate of drug-likeness (QED) is 0.604. The lowest BCUT2D eigenvalue weighted by Crippen LogP contribution is -2.34. The second-order valence-electron chi connectivity index (χ2n) is 6.90. The summed E-state index contributed by atoms with van der Waals surface area (Å²) in [6.07, 6.45) is 0. The predicted molar refractivity (Wildman–Crippen MR) is 117 cm³/mol. The smallest absolute Gasteiger partial charge is 0.125 e. The van der Waals surface area contributed by atoms with Crippen LogP contribution in [-0.2, 0) is 21.8 Å². The average Bonchev–Trinajstić information content (AvgIpc) is 2.72. The van der Waals surface area contributed by atoms with Gasteiger partial charge in [0.05, 0.1) is 27.0 Å². The third kappa shape index (κ3) is 5.04. The summed E-state index contributed by atoms with van der Waals surface area (Å²) < 4.78 is 29.4. The first-order valence-corrected chi connectivity index (χ1v) is 11.6. The molecule has 3 rings (SSSR count). The first-order valence-electron chi connectivity index (χ1n) is 9.22. The zero-order chi connectivity index (χ0) is 20.1. The minimum Gasteiger partial charge on any atom is -0.254 e. The fourth-order valence-corrected chi connectivity index (χ4v) is 5.43. The molecule has 2 unspecified atom stereocenters. The summed E-state index contributed by atoms with van der Waals surface area (Å²) in [5.41, 5.74) is 3.22. The molecule has 5 heteroatoms. The number of benzene rings is 3. The third-order valence-corrected chi connectivity index (χ3v) is 7.54. The van der Waals surface area contributed by atoms with E-state index in [0.29, 0.717) is 4.90 Å². The summed E-state index contributed by atoms with van der Waals surface area (Å²) in [4.78, 5) is 1.49. The molecule has 0 spiro atoms. The van der Waals surface area contributed by atoms with Crippen LogP contribution < -0.4 is 4.72 Å². The molecule has 0 heterocycles. The second-order valence-corrected chi connectivity index (χ2v) is 9.96. The monoisotopic (exact) mass is 411 g/mol. The zero-order valence-corrected chi connectivity index (χ0v) is 17.9. The third-order valence-electron chi connectivity index (χ3n) is 4.69. The van der Waals surface area contributed by atoms with Crippen LogP contribution in [0, 0.1) is 13.8 Å². The highest BCUT2D eigenvalue weighted by atomic mass is 32.2. The van der Waals surface area contributed by atoms with E-state index in [-0.39, 0.29) is 11.3 Å². The van der Waals surface area contributed by atoms with Crippen molar-refractivity contribution in [1.82, 2.24) is 4.72 Å². The van der Waals surface area contributed by atoms with E-state index in [0.717, 1.165) is 21.6 Å². The number of nitrogens with one attached hydrogen (secondary N) is 1. The van der Waals surface area contributed by atoms with E-state index >= 15 is 0 Å². The molecular formula is C23H25NO2S2. The van der Waals surface area contributed by atoms with Crippen LogP contribution >= 0.6 is 0 Å². The summed E-state index contributed by atoms with van der Waals surface area (Å²) in [5, 5.41) is -0.264. The molecule has 1 N–H and O–H groups in total. The van der Waals surface area contributed by atoms with E-state index in [9.17, 15) is 8.42 Å². The molecule has 3 aromatic carbocycles. The summed E-state index contributed by atoms with van der Waals surface area (Å²) in [7, 11) is -2.64. The Morgan fingerprint density at radius 3 is 1.75 bits per heavy atom. The van der Waals surface area contributed by atoms with Crippen LogP contribution in [0.4, 0.5) is 0 Å². The maximum Gasteiger partial charge on any atom is 0.125 e. The van der Waals surface area contributed by atoms with Crippen molar-refractivity contribution in [3.05, 3.63) is 95.6 Å². The van der Waals surface area contributed by atoms with E-state index in [1.54, 1.807) is 0 Å². The summed E-state index contributed by atoms with van der Waals surface area (Å²) in [6.45, 7) is 5.95. The molecule has 3 aromatic rings. The van der Waals surface area contributed by atoms with Crippen LogP contribution in [-0.4, -0.2) is 13.7 Å². The molecule has 146 valence electrons. The standard InChI is InChI=1S/C23H25NO2S2/c1-17-9-13-21(14-10-17)27(25)19(3)23(20-7-5-4-6-8-20)24-28(26)22-15-11-18(2)12-16-22/h4-16,19,23-24H,1-3H3/t19-,23-,27?,28?/m0/s1. The number of rotatable bonds is 7. The van der Waals surface area contributed by atoms with Crippen LogP contribution in [0.3, 0.4) is 0 Å². The maximum atomic E-state index is 13.2. The Morgan fingerprint density at radius 1 is 0.714 bits per heavy atom. The van der Waals surface area contributed by atoms with Gasteiger partial charge in [-0.1, -0.05) is 65.7 Å². The Labute approximate surface area is 172 Å². The van der Waals surface area contributed by atoms with Crippen molar-refractivity contribution in [1.29, 1.82) is 0 Å². The lowest BCUT2D eigenvalue weighted by Gasteiger charge is -2.25. The Kier molecular flexibility index (Phi) is 6.94. The second kappa shape index (κ2) is 9.41. The van der Waals surface area contributed by atoms with E-state index in [2.05, 4.69) is 4.72 Å². The minimum absolute atomic E-state index is 0.264. The minimum atomic E-state index is -1.40. The first-order chi connectivity index (χ1) is 13.5. The van der Waals surface area contributed by atoms with Crippen molar-refractivity contribution in [3.8, 4) is 0 Å². The molecular weight excluding hydrogens is 386 g/mol. The highest BCUT2D eigenvalue weighted by Crippen LogP contribution is 2.26. The Hall–Kier alpha value is -2.08. The fourth-order valence-electron chi connectivity index (χ4n) is 2.95. The van der Waals surface area contributed by atoms with Gasteiger partial charge in [0.15, 0.2) is 0 Å². The van der Waals surface area contributed by atoms with Gasteiger partial charge in [0.1, 0.15) is 11.0 Å². The van der Waals surface area contributed by atoms with Gasteiger partial charge in [0.25, 0.3) is 0 Å². The van der Waals surface area contributed by atoms with Gasteiger partial charge >= 0.3 is 0 Å². The fraction of sp³-hybridized carbons (Fsp3) is 0.217. The molecule has 4 atom stereocenters. The van der Waals surface area contributed by atoms with Gasteiger partial charge in [-0.15, -0.1) is 0 Å². The number of hydrogen-bond donors (Lipinski definition) is 1. The molecule has 28 heavy (non-hydrogen) atoms. The molecule has 0 saturated heterocycles. The lowest BCUT2D eigenvalue weighted by molar-refractivity contribution is 0.602. The SMILES string of the molecule is Cc1ccc(S(=O)N[C@H](c2ccccc2)[C@H](C)S(=O)c2ccc(C)cc2)cc1. The highest BCUT2D eigenvalue weighted by molar-refractivity contribution is 7.86. The van der Waals surface area contributed by atoms with E-state index in [1.807, 2.05) is 99.6 Å². The molecule has 0 fully saturated rings. The van der Waals surface area contributed by atoms with Gasteiger partial charge in [-0.05, 0) is 50.6 Å². The molecule has 0 amide bonds. The topological polar surface area (TPSA) is 46.2 Å². The Bertz CT molecular complexity index is 954. The first kappa shape index (κ1) is 20.6. The van der Waals surface area contributed by atoms with Crippen LogP contribution in [0.5, 0.6) is 0 Å². The number of hydrogen-bond acceptors (Lipinski definition) is 2. The van der Waals surface area contributed by atoms with Crippen molar-refractivity contribution in [2.45, 2.75) is 41.9 Å².